The Hall–Kier alpha value is -0.850. The Balaban J connectivity index is 1.76. The number of nitrogens with one attached hydrogen (secondary N) is 1. The largest absolute Gasteiger partial charge is 0.311 e. The van der Waals surface area contributed by atoms with E-state index in [1.54, 1.807) is 10.4 Å². The Morgan fingerprint density at radius 1 is 1.44 bits per heavy atom. The van der Waals surface area contributed by atoms with Gasteiger partial charge in [-0.3, -0.25) is 0 Å². The summed E-state index contributed by atoms with van der Waals surface area (Å²) in [5.74, 6) is 0. The molecule has 1 aromatic heterocycles. The van der Waals surface area contributed by atoms with Gasteiger partial charge in [-0.1, -0.05) is 13.8 Å². The minimum absolute atomic E-state index is 0.218. The second kappa shape index (κ2) is 5.86. The van der Waals surface area contributed by atoms with Crippen LogP contribution in [0.25, 0.3) is 0 Å². The van der Waals surface area contributed by atoms with Crippen LogP contribution < -0.4 is 5.32 Å². The predicted octanol–water partition coefficient (Wildman–Crippen LogP) is 3.66. The maximum absolute atomic E-state index is 8.63. The predicted molar refractivity (Wildman–Crippen MR) is 76.7 cm³/mol. The molecule has 1 N–H and O–H groups in total. The number of hydrogen-bond acceptors (Lipinski definition) is 3. The van der Waals surface area contributed by atoms with Crippen LogP contribution in [0.5, 0.6) is 0 Å². The van der Waals surface area contributed by atoms with E-state index in [1.807, 2.05) is 11.3 Å². The molecule has 3 heteroatoms. The smallest absolute Gasteiger partial charge is 0.0621 e. The lowest BCUT2D eigenvalue weighted by Crippen LogP contribution is -2.28. The number of nitriles is 1. The minimum Gasteiger partial charge on any atom is -0.311 e. The lowest BCUT2D eigenvalue weighted by molar-refractivity contribution is 0.318. The molecule has 0 atom stereocenters. The molecule has 18 heavy (non-hydrogen) atoms. The zero-order chi connectivity index (χ0) is 13.0. The number of rotatable bonds is 6. The maximum atomic E-state index is 8.63. The van der Waals surface area contributed by atoms with E-state index in [0.29, 0.717) is 6.42 Å². The normalized spacial score (nSPS) is 14.5. The highest BCUT2D eigenvalue weighted by Gasteiger charge is 2.18. The molecule has 0 spiro atoms. The molecule has 0 saturated heterocycles. The highest BCUT2D eigenvalue weighted by atomic mass is 32.1. The lowest BCUT2D eigenvalue weighted by Gasteiger charge is -2.23. The molecule has 2 rings (SSSR count). The van der Waals surface area contributed by atoms with E-state index in [-0.39, 0.29) is 5.41 Å². The Kier molecular flexibility index (Phi) is 4.42. The molecular weight excluding hydrogens is 240 g/mol. The van der Waals surface area contributed by atoms with Crippen LogP contribution in [0, 0.1) is 16.7 Å². The van der Waals surface area contributed by atoms with Crippen LogP contribution in [-0.2, 0) is 19.4 Å². The van der Waals surface area contributed by atoms with Crippen LogP contribution in [0.1, 0.15) is 48.4 Å². The van der Waals surface area contributed by atoms with Crippen molar-refractivity contribution in [3.63, 3.8) is 0 Å². The summed E-state index contributed by atoms with van der Waals surface area (Å²) in [5.41, 5.74) is 1.80. The first-order valence-corrected chi connectivity index (χ1v) is 7.60. The third-order valence-electron chi connectivity index (χ3n) is 3.61. The summed E-state index contributed by atoms with van der Waals surface area (Å²) in [6, 6.07) is 4.61. The summed E-state index contributed by atoms with van der Waals surface area (Å²) in [7, 11) is 0. The Morgan fingerprint density at radius 3 is 3.00 bits per heavy atom. The van der Waals surface area contributed by atoms with Crippen molar-refractivity contribution in [2.45, 2.75) is 52.5 Å². The zero-order valence-electron chi connectivity index (χ0n) is 11.4. The molecule has 1 aliphatic rings. The van der Waals surface area contributed by atoms with E-state index in [0.717, 1.165) is 19.5 Å². The van der Waals surface area contributed by atoms with Gasteiger partial charge in [0.25, 0.3) is 0 Å². The molecule has 1 aliphatic carbocycles. The van der Waals surface area contributed by atoms with Crippen LogP contribution in [0.2, 0.25) is 0 Å². The third-order valence-corrected chi connectivity index (χ3v) is 4.85. The monoisotopic (exact) mass is 262 g/mol. The molecular formula is C15H22N2S. The first kappa shape index (κ1) is 13.6. The van der Waals surface area contributed by atoms with E-state index >= 15 is 0 Å². The lowest BCUT2D eigenvalue weighted by atomic mass is 9.88. The van der Waals surface area contributed by atoms with Crippen molar-refractivity contribution >= 4 is 11.3 Å². The van der Waals surface area contributed by atoms with Gasteiger partial charge >= 0.3 is 0 Å². The van der Waals surface area contributed by atoms with Gasteiger partial charge in [0.2, 0.25) is 0 Å². The summed E-state index contributed by atoms with van der Waals surface area (Å²) in [4.78, 5) is 3.08. The fourth-order valence-corrected chi connectivity index (χ4v) is 3.71. The molecule has 98 valence electrons. The molecule has 1 aromatic rings. The topological polar surface area (TPSA) is 35.8 Å². The van der Waals surface area contributed by atoms with Crippen molar-refractivity contribution in [3.8, 4) is 6.07 Å². The molecule has 0 aromatic carbocycles. The van der Waals surface area contributed by atoms with Gasteiger partial charge in [0.15, 0.2) is 0 Å². The highest BCUT2D eigenvalue weighted by molar-refractivity contribution is 7.12. The fraction of sp³-hybridized carbons (Fsp3) is 0.667. The van der Waals surface area contributed by atoms with Gasteiger partial charge in [0, 0.05) is 29.3 Å². The second-order valence-electron chi connectivity index (χ2n) is 5.94. The molecule has 0 aliphatic heterocycles. The van der Waals surface area contributed by atoms with Crippen LogP contribution in [0.15, 0.2) is 6.07 Å². The molecule has 2 nitrogen and oxygen atoms in total. The molecule has 0 fully saturated rings. The van der Waals surface area contributed by atoms with Crippen LogP contribution in [0.3, 0.4) is 0 Å². The summed E-state index contributed by atoms with van der Waals surface area (Å²) in [6.07, 6.45) is 5.53. The molecule has 0 radical (unpaired) electrons. The minimum atomic E-state index is 0.218. The quantitative estimate of drug-likeness (QED) is 0.849. The van der Waals surface area contributed by atoms with E-state index < -0.39 is 0 Å². The van der Waals surface area contributed by atoms with E-state index in [9.17, 15) is 0 Å². The van der Waals surface area contributed by atoms with Crippen molar-refractivity contribution in [3.05, 3.63) is 21.4 Å². The van der Waals surface area contributed by atoms with Crippen LogP contribution >= 0.6 is 11.3 Å². The van der Waals surface area contributed by atoms with Gasteiger partial charge in [0.05, 0.1) is 6.07 Å². The number of thiophene rings is 1. The average Bonchev–Trinajstić information content (AvgIpc) is 2.86. The van der Waals surface area contributed by atoms with E-state index in [2.05, 4.69) is 31.3 Å². The number of hydrogen-bond donors (Lipinski definition) is 1. The van der Waals surface area contributed by atoms with Crippen molar-refractivity contribution < 1.29 is 0 Å². The molecule has 0 unspecified atom stereocenters. The molecule has 0 amide bonds. The summed E-state index contributed by atoms with van der Waals surface area (Å²) >= 11 is 1.98. The first-order valence-electron chi connectivity index (χ1n) is 6.79. The van der Waals surface area contributed by atoms with Crippen molar-refractivity contribution in [2.75, 3.05) is 6.54 Å². The Morgan fingerprint density at radius 2 is 2.28 bits per heavy atom. The van der Waals surface area contributed by atoms with E-state index in [1.165, 1.54) is 24.1 Å². The fourth-order valence-electron chi connectivity index (χ4n) is 2.48. The van der Waals surface area contributed by atoms with E-state index in [4.69, 9.17) is 5.26 Å². The van der Waals surface area contributed by atoms with Crippen LogP contribution in [-0.4, -0.2) is 6.54 Å². The van der Waals surface area contributed by atoms with Crippen molar-refractivity contribution in [1.82, 2.24) is 5.32 Å². The zero-order valence-corrected chi connectivity index (χ0v) is 12.2. The Bertz CT molecular complexity index is 418. The van der Waals surface area contributed by atoms with Crippen molar-refractivity contribution in [1.29, 1.82) is 5.26 Å². The van der Waals surface area contributed by atoms with Gasteiger partial charge in [-0.05, 0) is 42.7 Å². The molecule has 0 bridgehead atoms. The number of aryl methyl sites for hydroxylation is 2. The summed E-state index contributed by atoms with van der Waals surface area (Å²) in [6.45, 7) is 6.42. The van der Waals surface area contributed by atoms with Crippen molar-refractivity contribution in [2.24, 2.45) is 5.41 Å². The molecule has 0 saturated carbocycles. The standard InChI is InChI=1S/C15H22N2S/c1-15(2,7-4-8-16)11-17-10-13-9-12-5-3-6-14(12)18-13/h9,17H,3-7,10-11H2,1-2H3. The third kappa shape index (κ3) is 3.57. The number of nitrogens with zero attached hydrogens (tertiary/aromatic N) is 1. The average molecular weight is 262 g/mol. The summed E-state index contributed by atoms with van der Waals surface area (Å²) < 4.78 is 0. The van der Waals surface area contributed by atoms with Gasteiger partial charge < -0.3 is 5.32 Å². The molecule has 1 heterocycles. The number of fused-ring (bicyclic) bond motifs is 1. The van der Waals surface area contributed by atoms with Crippen LogP contribution in [0.4, 0.5) is 0 Å². The SMILES string of the molecule is CC(C)(CCC#N)CNCc1cc2c(s1)CCC2. The van der Waals surface area contributed by atoms with Gasteiger partial charge in [0.1, 0.15) is 0 Å². The Labute approximate surface area is 114 Å². The second-order valence-corrected chi connectivity index (χ2v) is 7.16. The first-order chi connectivity index (χ1) is 8.61. The van der Waals surface area contributed by atoms with Gasteiger partial charge in [-0.25, -0.2) is 0 Å². The maximum Gasteiger partial charge on any atom is 0.0621 e. The highest BCUT2D eigenvalue weighted by Crippen LogP contribution is 2.30. The summed E-state index contributed by atoms with van der Waals surface area (Å²) in [5, 5.41) is 12.2. The van der Waals surface area contributed by atoms with Gasteiger partial charge in [-0.2, -0.15) is 5.26 Å². The van der Waals surface area contributed by atoms with Gasteiger partial charge in [-0.15, -0.1) is 11.3 Å².